The Kier molecular flexibility index (Phi) is 2.63. The van der Waals surface area contributed by atoms with Crippen molar-refractivity contribution in [2.24, 2.45) is 5.41 Å². The van der Waals surface area contributed by atoms with Gasteiger partial charge in [0.15, 0.2) is 0 Å². The number of hydrogen-bond acceptors (Lipinski definition) is 3. The predicted octanol–water partition coefficient (Wildman–Crippen LogP) is 2.70. The fourth-order valence-electron chi connectivity index (χ4n) is 1.89. The summed E-state index contributed by atoms with van der Waals surface area (Å²) in [5, 5.41) is 3.38. The van der Waals surface area contributed by atoms with Gasteiger partial charge in [-0.05, 0) is 32.1 Å². The molecule has 1 aliphatic rings. The number of nitrogens with zero attached hydrogens (tertiary/aromatic N) is 2. The van der Waals surface area contributed by atoms with Gasteiger partial charge in [0.1, 0.15) is 5.82 Å². The molecule has 1 aromatic rings. The van der Waals surface area contributed by atoms with E-state index in [4.69, 9.17) is 0 Å². The Morgan fingerprint density at radius 3 is 2.60 bits per heavy atom. The van der Waals surface area contributed by atoms with Crippen LogP contribution in [0, 0.1) is 19.3 Å². The van der Waals surface area contributed by atoms with Crippen LogP contribution in [0.5, 0.6) is 0 Å². The summed E-state index contributed by atoms with van der Waals surface area (Å²) in [4.78, 5) is 8.76. The van der Waals surface area contributed by atoms with Crippen LogP contribution in [0.2, 0.25) is 0 Å². The summed E-state index contributed by atoms with van der Waals surface area (Å²) in [5.74, 6) is 0.909. The molecule has 0 bridgehead atoms. The van der Waals surface area contributed by atoms with Crippen molar-refractivity contribution in [3.63, 3.8) is 0 Å². The molecule has 0 atom stereocenters. The molecule has 3 heteroatoms. The highest BCUT2D eigenvalue weighted by atomic mass is 15.0. The summed E-state index contributed by atoms with van der Waals surface area (Å²) in [6, 6.07) is 0. The van der Waals surface area contributed by atoms with E-state index in [-0.39, 0.29) is 0 Å². The van der Waals surface area contributed by atoms with Crippen molar-refractivity contribution in [2.75, 3.05) is 11.9 Å². The van der Waals surface area contributed by atoms with Gasteiger partial charge in [0.2, 0.25) is 0 Å². The number of aryl methyl sites for hydroxylation is 2. The molecule has 0 aromatic carbocycles. The van der Waals surface area contributed by atoms with E-state index in [2.05, 4.69) is 22.2 Å². The Balaban J connectivity index is 1.96. The van der Waals surface area contributed by atoms with E-state index in [1.165, 1.54) is 19.3 Å². The average Bonchev–Trinajstić information content (AvgIpc) is 2.17. The lowest BCUT2D eigenvalue weighted by Crippen LogP contribution is -2.33. The van der Waals surface area contributed by atoms with Gasteiger partial charge in [-0.25, -0.2) is 4.98 Å². The molecule has 3 nitrogen and oxygen atoms in total. The molecule has 1 fully saturated rings. The van der Waals surface area contributed by atoms with Crippen LogP contribution < -0.4 is 5.32 Å². The molecule has 1 saturated carbocycles. The lowest BCUT2D eigenvalue weighted by Gasteiger charge is -2.38. The van der Waals surface area contributed by atoms with E-state index in [0.717, 1.165) is 23.8 Å². The Hall–Kier alpha value is -1.12. The van der Waals surface area contributed by atoms with E-state index >= 15 is 0 Å². The van der Waals surface area contributed by atoms with Crippen LogP contribution in [-0.2, 0) is 0 Å². The maximum absolute atomic E-state index is 4.46. The monoisotopic (exact) mass is 205 g/mol. The largest absolute Gasteiger partial charge is 0.368 e. The Bertz CT molecular complexity index is 356. The summed E-state index contributed by atoms with van der Waals surface area (Å²) >= 11 is 0. The minimum atomic E-state index is 0.487. The third-order valence-corrected chi connectivity index (χ3v) is 3.45. The van der Waals surface area contributed by atoms with E-state index in [1.807, 2.05) is 20.0 Å². The smallest absolute Gasteiger partial charge is 0.144 e. The van der Waals surface area contributed by atoms with Gasteiger partial charge in [-0.1, -0.05) is 13.3 Å². The summed E-state index contributed by atoms with van der Waals surface area (Å²) < 4.78 is 0. The van der Waals surface area contributed by atoms with E-state index in [9.17, 15) is 0 Å². The second kappa shape index (κ2) is 3.80. The number of aromatic nitrogens is 2. The molecule has 0 unspecified atom stereocenters. The molecule has 0 radical (unpaired) electrons. The first-order valence-electron chi connectivity index (χ1n) is 5.63. The lowest BCUT2D eigenvalue weighted by molar-refractivity contribution is 0.180. The van der Waals surface area contributed by atoms with Crippen LogP contribution in [-0.4, -0.2) is 16.5 Å². The fourth-order valence-corrected chi connectivity index (χ4v) is 1.89. The topological polar surface area (TPSA) is 37.8 Å². The Morgan fingerprint density at radius 2 is 2.07 bits per heavy atom. The van der Waals surface area contributed by atoms with Gasteiger partial charge in [0.25, 0.3) is 0 Å². The van der Waals surface area contributed by atoms with Crippen LogP contribution in [0.1, 0.15) is 37.6 Å². The average molecular weight is 205 g/mol. The van der Waals surface area contributed by atoms with Crippen molar-refractivity contribution in [3.05, 3.63) is 17.6 Å². The number of hydrogen-bond donors (Lipinski definition) is 1. The van der Waals surface area contributed by atoms with Crippen molar-refractivity contribution in [2.45, 2.75) is 40.0 Å². The molecular weight excluding hydrogens is 186 g/mol. The third kappa shape index (κ3) is 2.28. The number of nitrogens with one attached hydrogen (secondary N) is 1. The van der Waals surface area contributed by atoms with Crippen molar-refractivity contribution >= 4 is 5.82 Å². The minimum Gasteiger partial charge on any atom is -0.368 e. The van der Waals surface area contributed by atoms with Gasteiger partial charge in [0, 0.05) is 6.54 Å². The third-order valence-electron chi connectivity index (χ3n) is 3.45. The van der Waals surface area contributed by atoms with Gasteiger partial charge < -0.3 is 5.32 Å². The molecule has 0 amide bonds. The molecule has 1 aromatic heterocycles. The Morgan fingerprint density at radius 1 is 1.33 bits per heavy atom. The van der Waals surface area contributed by atoms with Gasteiger partial charge in [-0.3, -0.25) is 4.98 Å². The molecule has 82 valence electrons. The van der Waals surface area contributed by atoms with Crippen molar-refractivity contribution < 1.29 is 0 Å². The first-order valence-corrected chi connectivity index (χ1v) is 5.63. The van der Waals surface area contributed by atoms with Crippen LogP contribution in [0.15, 0.2) is 6.20 Å². The summed E-state index contributed by atoms with van der Waals surface area (Å²) in [7, 11) is 0. The summed E-state index contributed by atoms with van der Waals surface area (Å²) in [5.41, 5.74) is 2.51. The number of anilines is 1. The van der Waals surface area contributed by atoms with Crippen LogP contribution in [0.25, 0.3) is 0 Å². The van der Waals surface area contributed by atoms with E-state index < -0.39 is 0 Å². The maximum atomic E-state index is 4.46. The second-order valence-corrected chi connectivity index (χ2v) is 4.94. The molecule has 2 rings (SSSR count). The summed E-state index contributed by atoms with van der Waals surface area (Å²) in [6.07, 6.45) is 5.86. The number of rotatable bonds is 3. The highest BCUT2D eigenvalue weighted by Gasteiger charge is 2.31. The SMILES string of the molecule is Cc1ncc(NCC2(C)CCC2)nc1C. The lowest BCUT2D eigenvalue weighted by atomic mass is 9.70. The first-order chi connectivity index (χ1) is 7.09. The molecule has 0 aliphatic heterocycles. The van der Waals surface area contributed by atoms with Gasteiger partial charge >= 0.3 is 0 Å². The van der Waals surface area contributed by atoms with E-state index in [1.54, 1.807) is 0 Å². The molecule has 1 aliphatic carbocycles. The van der Waals surface area contributed by atoms with Crippen LogP contribution >= 0.6 is 0 Å². The molecule has 15 heavy (non-hydrogen) atoms. The molecule has 0 spiro atoms. The zero-order chi connectivity index (χ0) is 10.9. The normalized spacial score (nSPS) is 18.3. The van der Waals surface area contributed by atoms with Gasteiger partial charge in [-0.2, -0.15) is 0 Å². The molecular formula is C12H19N3. The van der Waals surface area contributed by atoms with Gasteiger partial charge in [0.05, 0.1) is 17.6 Å². The maximum Gasteiger partial charge on any atom is 0.144 e. The second-order valence-electron chi connectivity index (χ2n) is 4.94. The van der Waals surface area contributed by atoms with Crippen molar-refractivity contribution in [1.29, 1.82) is 0 Å². The van der Waals surface area contributed by atoms with Crippen LogP contribution in [0.3, 0.4) is 0 Å². The minimum absolute atomic E-state index is 0.487. The van der Waals surface area contributed by atoms with Crippen LogP contribution in [0.4, 0.5) is 5.82 Å². The van der Waals surface area contributed by atoms with E-state index in [0.29, 0.717) is 5.41 Å². The molecule has 1 heterocycles. The molecule has 1 N–H and O–H groups in total. The zero-order valence-corrected chi connectivity index (χ0v) is 9.80. The summed E-state index contributed by atoms with van der Waals surface area (Å²) in [6.45, 7) is 7.33. The highest BCUT2D eigenvalue weighted by Crippen LogP contribution is 2.39. The van der Waals surface area contributed by atoms with Gasteiger partial charge in [-0.15, -0.1) is 0 Å². The fraction of sp³-hybridized carbons (Fsp3) is 0.667. The Labute approximate surface area is 91.3 Å². The zero-order valence-electron chi connectivity index (χ0n) is 9.80. The van der Waals surface area contributed by atoms with Crippen molar-refractivity contribution in [1.82, 2.24) is 9.97 Å². The molecule has 0 saturated heterocycles. The van der Waals surface area contributed by atoms with Crippen molar-refractivity contribution in [3.8, 4) is 0 Å². The highest BCUT2D eigenvalue weighted by molar-refractivity contribution is 5.33. The standard InChI is InChI=1S/C12H19N3/c1-9-10(2)15-11(7-13-9)14-8-12(3)5-4-6-12/h7H,4-6,8H2,1-3H3,(H,14,15). The predicted molar refractivity (Wildman–Crippen MR) is 62.0 cm³/mol. The quantitative estimate of drug-likeness (QED) is 0.824. The first kappa shape index (κ1) is 10.4.